The SMILES string of the molecule is CN=C(NCCCCn1ccccc1=O)N(C)CCOCC1CC1.I. The monoisotopic (exact) mass is 462 g/mol. The van der Waals surface area contributed by atoms with E-state index in [9.17, 15) is 4.79 Å². The normalized spacial score (nSPS) is 14.1. The third-order valence-electron chi connectivity index (χ3n) is 4.20. The number of nitrogens with zero attached hydrogens (tertiary/aromatic N) is 3. The Bertz CT molecular complexity index is 572. The summed E-state index contributed by atoms with van der Waals surface area (Å²) in [7, 11) is 3.83. The van der Waals surface area contributed by atoms with Gasteiger partial charge >= 0.3 is 0 Å². The number of rotatable bonds is 10. The first-order valence-electron chi connectivity index (χ1n) is 8.85. The minimum Gasteiger partial charge on any atom is -0.379 e. The van der Waals surface area contributed by atoms with E-state index in [0.29, 0.717) is 0 Å². The number of nitrogens with one attached hydrogen (secondary N) is 1. The minimum absolute atomic E-state index is 0. The predicted octanol–water partition coefficient (Wildman–Crippen LogP) is 2.18. The van der Waals surface area contributed by atoms with E-state index < -0.39 is 0 Å². The fraction of sp³-hybridized carbons (Fsp3) is 0.667. The van der Waals surface area contributed by atoms with Crippen LogP contribution in [0.2, 0.25) is 0 Å². The molecule has 0 saturated heterocycles. The molecular formula is C18H31IN4O2. The highest BCUT2D eigenvalue weighted by molar-refractivity contribution is 14.0. The van der Waals surface area contributed by atoms with Crippen molar-refractivity contribution in [2.75, 3.05) is 40.4 Å². The van der Waals surface area contributed by atoms with Crippen molar-refractivity contribution in [3.63, 3.8) is 0 Å². The van der Waals surface area contributed by atoms with Gasteiger partial charge in [0.05, 0.1) is 6.61 Å². The van der Waals surface area contributed by atoms with Crippen molar-refractivity contribution >= 4 is 29.9 Å². The molecule has 0 spiro atoms. The van der Waals surface area contributed by atoms with Gasteiger partial charge in [0, 0.05) is 52.6 Å². The molecule has 1 aliphatic rings. The van der Waals surface area contributed by atoms with Crippen LogP contribution in [0.3, 0.4) is 0 Å². The number of likely N-dealkylation sites (N-methyl/N-ethyl adjacent to an activating group) is 1. The third-order valence-corrected chi connectivity index (χ3v) is 4.20. The number of hydrogen-bond acceptors (Lipinski definition) is 3. The fourth-order valence-electron chi connectivity index (χ4n) is 2.48. The fourth-order valence-corrected chi connectivity index (χ4v) is 2.48. The van der Waals surface area contributed by atoms with E-state index in [1.54, 1.807) is 23.7 Å². The van der Waals surface area contributed by atoms with Crippen LogP contribution in [0.5, 0.6) is 0 Å². The van der Waals surface area contributed by atoms with Crippen LogP contribution in [-0.2, 0) is 11.3 Å². The van der Waals surface area contributed by atoms with Crippen molar-refractivity contribution in [1.29, 1.82) is 0 Å². The number of pyridine rings is 1. The summed E-state index contributed by atoms with van der Waals surface area (Å²) in [4.78, 5) is 18.0. The summed E-state index contributed by atoms with van der Waals surface area (Å²) in [6.07, 6.45) is 6.45. The summed E-state index contributed by atoms with van der Waals surface area (Å²) in [5.74, 6) is 1.70. The molecule has 0 bridgehead atoms. The van der Waals surface area contributed by atoms with Gasteiger partial charge < -0.3 is 19.5 Å². The van der Waals surface area contributed by atoms with Crippen LogP contribution in [0, 0.1) is 5.92 Å². The van der Waals surface area contributed by atoms with E-state index in [2.05, 4.69) is 15.2 Å². The highest BCUT2D eigenvalue weighted by Gasteiger charge is 2.21. The molecule has 7 heteroatoms. The largest absolute Gasteiger partial charge is 0.379 e. The van der Waals surface area contributed by atoms with Gasteiger partial charge in [-0.25, -0.2) is 0 Å². The van der Waals surface area contributed by atoms with Crippen LogP contribution in [0.4, 0.5) is 0 Å². The summed E-state index contributed by atoms with van der Waals surface area (Å²) in [5.41, 5.74) is 0.0622. The average Bonchev–Trinajstić information content (AvgIpc) is 3.40. The van der Waals surface area contributed by atoms with Gasteiger partial charge in [-0.15, -0.1) is 24.0 Å². The van der Waals surface area contributed by atoms with E-state index in [4.69, 9.17) is 4.74 Å². The first-order chi connectivity index (χ1) is 11.7. The molecule has 1 N–H and O–H groups in total. The van der Waals surface area contributed by atoms with Crippen LogP contribution in [0.1, 0.15) is 25.7 Å². The third kappa shape index (κ3) is 8.71. The number of unbranched alkanes of at least 4 members (excludes halogenated alkanes) is 1. The second kappa shape index (κ2) is 12.3. The van der Waals surface area contributed by atoms with Crippen LogP contribution in [-0.4, -0.2) is 55.8 Å². The van der Waals surface area contributed by atoms with E-state index in [0.717, 1.165) is 57.6 Å². The molecule has 1 aromatic heterocycles. The smallest absolute Gasteiger partial charge is 0.250 e. The summed E-state index contributed by atoms with van der Waals surface area (Å²) < 4.78 is 7.42. The first-order valence-corrected chi connectivity index (χ1v) is 8.85. The number of aryl methyl sites for hydroxylation is 1. The van der Waals surface area contributed by atoms with Crippen LogP contribution in [0.15, 0.2) is 34.2 Å². The second-order valence-electron chi connectivity index (χ2n) is 6.35. The van der Waals surface area contributed by atoms with Crippen molar-refractivity contribution in [2.24, 2.45) is 10.9 Å². The Morgan fingerprint density at radius 1 is 1.40 bits per heavy atom. The Labute approximate surface area is 167 Å². The first kappa shape index (κ1) is 22.0. The van der Waals surface area contributed by atoms with E-state index in [1.807, 2.05) is 19.3 Å². The van der Waals surface area contributed by atoms with Crippen LogP contribution < -0.4 is 10.9 Å². The molecule has 1 aromatic rings. The lowest BCUT2D eigenvalue weighted by Gasteiger charge is -2.22. The summed E-state index contributed by atoms with van der Waals surface area (Å²) in [6.45, 7) is 4.08. The summed E-state index contributed by atoms with van der Waals surface area (Å²) >= 11 is 0. The Kier molecular flexibility index (Phi) is 10.8. The number of guanidine groups is 1. The standard InChI is InChI=1S/C18H30N4O2.HI/c1-19-18(21(2)13-14-24-15-16-8-9-16)20-10-4-6-12-22-11-5-3-7-17(22)23;/h3,5,7,11,16H,4,6,8-10,12-15H2,1-2H3,(H,19,20);1H. The Balaban J connectivity index is 0.00000312. The quantitative estimate of drug-likeness (QED) is 0.251. The zero-order chi connectivity index (χ0) is 17.2. The Morgan fingerprint density at radius 3 is 2.88 bits per heavy atom. The second-order valence-corrected chi connectivity index (χ2v) is 6.35. The molecule has 0 atom stereocenters. The molecule has 1 heterocycles. The number of ether oxygens (including phenoxy) is 1. The molecule has 1 aliphatic carbocycles. The lowest BCUT2D eigenvalue weighted by molar-refractivity contribution is 0.115. The number of hydrogen-bond donors (Lipinski definition) is 1. The molecule has 0 radical (unpaired) electrons. The highest BCUT2D eigenvalue weighted by Crippen LogP contribution is 2.28. The molecule has 6 nitrogen and oxygen atoms in total. The minimum atomic E-state index is 0. The van der Waals surface area contributed by atoms with Gasteiger partial charge in [-0.05, 0) is 37.7 Å². The van der Waals surface area contributed by atoms with Gasteiger partial charge in [-0.3, -0.25) is 9.79 Å². The maximum Gasteiger partial charge on any atom is 0.250 e. The Morgan fingerprint density at radius 2 is 2.20 bits per heavy atom. The van der Waals surface area contributed by atoms with Crippen molar-refractivity contribution < 1.29 is 4.74 Å². The van der Waals surface area contributed by atoms with Gasteiger partial charge in [-0.2, -0.15) is 0 Å². The van der Waals surface area contributed by atoms with Crippen molar-refractivity contribution in [3.05, 3.63) is 34.7 Å². The predicted molar refractivity (Wildman–Crippen MR) is 113 cm³/mol. The van der Waals surface area contributed by atoms with Gasteiger partial charge in [0.15, 0.2) is 5.96 Å². The number of halogens is 1. The summed E-state index contributed by atoms with van der Waals surface area (Å²) in [6, 6.07) is 5.26. The molecule has 0 aromatic carbocycles. The van der Waals surface area contributed by atoms with E-state index in [-0.39, 0.29) is 29.5 Å². The highest BCUT2D eigenvalue weighted by atomic mass is 127. The number of aliphatic imine (C=N–C) groups is 1. The van der Waals surface area contributed by atoms with Gasteiger partial charge in [0.25, 0.3) is 0 Å². The van der Waals surface area contributed by atoms with E-state index >= 15 is 0 Å². The zero-order valence-electron chi connectivity index (χ0n) is 15.3. The molecule has 1 fully saturated rings. The average molecular weight is 462 g/mol. The maximum absolute atomic E-state index is 11.6. The van der Waals surface area contributed by atoms with Crippen molar-refractivity contribution in [2.45, 2.75) is 32.2 Å². The lowest BCUT2D eigenvalue weighted by atomic mass is 10.3. The molecule has 1 saturated carbocycles. The van der Waals surface area contributed by atoms with Gasteiger partial charge in [-0.1, -0.05) is 6.07 Å². The number of aromatic nitrogens is 1. The van der Waals surface area contributed by atoms with Gasteiger partial charge in [0.1, 0.15) is 0 Å². The molecule has 0 aliphatic heterocycles. The van der Waals surface area contributed by atoms with Crippen LogP contribution in [0.25, 0.3) is 0 Å². The Hall–Kier alpha value is -1.09. The lowest BCUT2D eigenvalue weighted by Crippen LogP contribution is -2.41. The van der Waals surface area contributed by atoms with E-state index in [1.165, 1.54) is 12.8 Å². The molecule has 0 unspecified atom stereocenters. The van der Waals surface area contributed by atoms with Crippen molar-refractivity contribution in [1.82, 2.24) is 14.8 Å². The zero-order valence-corrected chi connectivity index (χ0v) is 17.6. The molecule has 25 heavy (non-hydrogen) atoms. The molecule has 142 valence electrons. The van der Waals surface area contributed by atoms with Crippen LogP contribution >= 0.6 is 24.0 Å². The molecule has 0 amide bonds. The van der Waals surface area contributed by atoms with Crippen molar-refractivity contribution in [3.8, 4) is 0 Å². The van der Waals surface area contributed by atoms with Gasteiger partial charge in [0.2, 0.25) is 5.56 Å². The molecule has 2 rings (SSSR count). The topological polar surface area (TPSA) is 58.9 Å². The maximum atomic E-state index is 11.6. The summed E-state index contributed by atoms with van der Waals surface area (Å²) in [5, 5.41) is 3.37. The molecular weight excluding hydrogens is 431 g/mol.